The SMILES string of the molecule is CCCCNC(=O)c1cnc(-c2ccc(OC)cc2)nc1C. The van der Waals surface area contributed by atoms with Gasteiger partial charge >= 0.3 is 0 Å². The zero-order chi connectivity index (χ0) is 15.9. The van der Waals surface area contributed by atoms with Gasteiger partial charge in [0.05, 0.1) is 18.4 Å². The van der Waals surface area contributed by atoms with Crippen molar-refractivity contribution < 1.29 is 9.53 Å². The van der Waals surface area contributed by atoms with Crippen molar-refractivity contribution >= 4 is 5.91 Å². The Hall–Kier alpha value is -2.43. The van der Waals surface area contributed by atoms with Crippen LogP contribution in [0.2, 0.25) is 0 Å². The average Bonchev–Trinajstić information content (AvgIpc) is 2.55. The molecule has 0 spiro atoms. The maximum Gasteiger partial charge on any atom is 0.254 e. The molecule has 0 bridgehead atoms. The predicted octanol–water partition coefficient (Wildman–Crippen LogP) is 2.99. The molecule has 0 saturated heterocycles. The van der Waals surface area contributed by atoms with Crippen molar-refractivity contribution in [2.75, 3.05) is 13.7 Å². The highest BCUT2D eigenvalue weighted by Gasteiger charge is 2.12. The molecular weight excluding hydrogens is 278 g/mol. The molecule has 0 aliphatic rings. The molecule has 0 fully saturated rings. The van der Waals surface area contributed by atoms with E-state index >= 15 is 0 Å². The lowest BCUT2D eigenvalue weighted by atomic mass is 10.1. The minimum Gasteiger partial charge on any atom is -0.497 e. The van der Waals surface area contributed by atoms with Crippen molar-refractivity contribution in [2.24, 2.45) is 0 Å². The number of nitrogens with zero attached hydrogens (tertiary/aromatic N) is 2. The van der Waals surface area contributed by atoms with Gasteiger partial charge in [0.2, 0.25) is 0 Å². The summed E-state index contributed by atoms with van der Waals surface area (Å²) in [5.74, 6) is 1.27. The standard InChI is InChI=1S/C17H21N3O2/c1-4-5-10-18-17(21)15-11-19-16(20-12(15)2)13-6-8-14(22-3)9-7-13/h6-9,11H,4-5,10H2,1-3H3,(H,18,21). The van der Waals surface area contributed by atoms with E-state index in [0.29, 0.717) is 23.6 Å². The Morgan fingerprint density at radius 3 is 2.59 bits per heavy atom. The molecule has 0 saturated carbocycles. The Morgan fingerprint density at radius 2 is 2.00 bits per heavy atom. The second kappa shape index (κ2) is 7.54. The Labute approximate surface area is 130 Å². The summed E-state index contributed by atoms with van der Waals surface area (Å²) in [5, 5.41) is 2.88. The fourth-order valence-corrected chi connectivity index (χ4v) is 2.04. The number of aromatic nitrogens is 2. The zero-order valence-electron chi connectivity index (χ0n) is 13.2. The van der Waals surface area contributed by atoms with Gasteiger partial charge in [-0.3, -0.25) is 4.79 Å². The number of unbranched alkanes of at least 4 members (excludes halogenated alkanes) is 1. The van der Waals surface area contributed by atoms with Crippen LogP contribution < -0.4 is 10.1 Å². The molecule has 0 aliphatic heterocycles. The van der Waals surface area contributed by atoms with E-state index < -0.39 is 0 Å². The molecule has 0 radical (unpaired) electrons. The maximum atomic E-state index is 12.1. The van der Waals surface area contributed by atoms with Gasteiger partial charge in [-0.05, 0) is 37.6 Å². The Kier molecular flexibility index (Phi) is 5.47. The first kappa shape index (κ1) is 15.9. The highest BCUT2D eigenvalue weighted by atomic mass is 16.5. The number of hydrogen-bond donors (Lipinski definition) is 1. The van der Waals surface area contributed by atoms with Crippen LogP contribution in [0.25, 0.3) is 11.4 Å². The fourth-order valence-electron chi connectivity index (χ4n) is 2.04. The molecule has 5 heteroatoms. The molecule has 0 atom stereocenters. The summed E-state index contributed by atoms with van der Waals surface area (Å²) in [6.45, 7) is 4.59. The van der Waals surface area contributed by atoms with Crippen molar-refractivity contribution in [2.45, 2.75) is 26.7 Å². The number of hydrogen-bond acceptors (Lipinski definition) is 4. The van der Waals surface area contributed by atoms with Gasteiger partial charge in [0.1, 0.15) is 5.75 Å². The first-order valence-electron chi connectivity index (χ1n) is 7.42. The summed E-state index contributed by atoms with van der Waals surface area (Å²) in [7, 11) is 1.63. The van der Waals surface area contributed by atoms with E-state index in [1.165, 1.54) is 0 Å². The third-order valence-electron chi connectivity index (χ3n) is 3.39. The van der Waals surface area contributed by atoms with Crippen LogP contribution in [0.1, 0.15) is 35.8 Å². The van der Waals surface area contributed by atoms with Gasteiger partial charge in [0.25, 0.3) is 5.91 Å². The zero-order valence-corrected chi connectivity index (χ0v) is 13.2. The minimum absolute atomic E-state index is 0.118. The van der Waals surface area contributed by atoms with Crippen LogP contribution >= 0.6 is 0 Å². The van der Waals surface area contributed by atoms with E-state index in [0.717, 1.165) is 24.2 Å². The van der Waals surface area contributed by atoms with Crippen LogP contribution in [0, 0.1) is 6.92 Å². The van der Waals surface area contributed by atoms with Gasteiger partial charge in [-0.15, -0.1) is 0 Å². The lowest BCUT2D eigenvalue weighted by molar-refractivity contribution is 0.0951. The highest BCUT2D eigenvalue weighted by molar-refractivity contribution is 5.95. The summed E-state index contributed by atoms with van der Waals surface area (Å²) in [6, 6.07) is 7.52. The third kappa shape index (κ3) is 3.81. The number of rotatable bonds is 6. The second-order valence-electron chi connectivity index (χ2n) is 5.03. The lowest BCUT2D eigenvalue weighted by Crippen LogP contribution is -2.25. The van der Waals surface area contributed by atoms with Crippen LogP contribution in [0.5, 0.6) is 5.75 Å². The number of nitrogens with one attached hydrogen (secondary N) is 1. The lowest BCUT2D eigenvalue weighted by Gasteiger charge is -2.08. The van der Waals surface area contributed by atoms with Crippen LogP contribution in [-0.2, 0) is 0 Å². The van der Waals surface area contributed by atoms with Crippen molar-refractivity contribution in [3.8, 4) is 17.1 Å². The summed E-state index contributed by atoms with van der Waals surface area (Å²) in [4.78, 5) is 20.8. The van der Waals surface area contributed by atoms with Crippen LogP contribution in [0.4, 0.5) is 0 Å². The molecule has 0 aliphatic carbocycles. The van der Waals surface area contributed by atoms with E-state index in [1.807, 2.05) is 31.2 Å². The van der Waals surface area contributed by atoms with E-state index in [1.54, 1.807) is 13.3 Å². The van der Waals surface area contributed by atoms with Gasteiger partial charge in [0, 0.05) is 18.3 Å². The van der Waals surface area contributed by atoms with Crippen molar-refractivity contribution in [3.63, 3.8) is 0 Å². The van der Waals surface area contributed by atoms with Gasteiger partial charge in [0.15, 0.2) is 5.82 Å². The number of methoxy groups -OCH3 is 1. The molecule has 2 aromatic rings. The summed E-state index contributed by atoms with van der Waals surface area (Å²) in [5.41, 5.74) is 2.09. The quantitative estimate of drug-likeness (QED) is 0.833. The van der Waals surface area contributed by atoms with E-state index in [9.17, 15) is 4.79 Å². The topological polar surface area (TPSA) is 64.1 Å². The summed E-state index contributed by atoms with van der Waals surface area (Å²) in [6.07, 6.45) is 3.60. The van der Waals surface area contributed by atoms with Gasteiger partial charge < -0.3 is 10.1 Å². The normalized spacial score (nSPS) is 10.3. The van der Waals surface area contributed by atoms with Crippen molar-refractivity contribution in [1.29, 1.82) is 0 Å². The molecule has 1 heterocycles. The summed E-state index contributed by atoms with van der Waals surface area (Å²) < 4.78 is 5.13. The number of benzene rings is 1. The average molecular weight is 299 g/mol. The Balaban J connectivity index is 2.16. The molecule has 1 aromatic heterocycles. The molecule has 1 aromatic carbocycles. The number of ether oxygens (including phenoxy) is 1. The largest absolute Gasteiger partial charge is 0.497 e. The first-order chi connectivity index (χ1) is 10.7. The predicted molar refractivity (Wildman–Crippen MR) is 86.0 cm³/mol. The highest BCUT2D eigenvalue weighted by Crippen LogP contribution is 2.19. The van der Waals surface area contributed by atoms with Gasteiger partial charge in [-0.25, -0.2) is 9.97 Å². The van der Waals surface area contributed by atoms with Crippen molar-refractivity contribution in [3.05, 3.63) is 41.7 Å². The van der Waals surface area contributed by atoms with Gasteiger partial charge in [-0.2, -0.15) is 0 Å². The van der Waals surface area contributed by atoms with E-state index in [-0.39, 0.29) is 5.91 Å². The first-order valence-corrected chi connectivity index (χ1v) is 7.42. The molecule has 0 unspecified atom stereocenters. The van der Waals surface area contributed by atoms with E-state index in [4.69, 9.17) is 4.74 Å². The minimum atomic E-state index is -0.118. The molecule has 1 N–H and O–H groups in total. The number of aryl methyl sites for hydroxylation is 1. The van der Waals surface area contributed by atoms with Crippen LogP contribution in [0.15, 0.2) is 30.5 Å². The molecular formula is C17H21N3O2. The molecule has 5 nitrogen and oxygen atoms in total. The second-order valence-corrected chi connectivity index (χ2v) is 5.03. The maximum absolute atomic E-state index is 12.1. The molecule has 116 valence electrons. The molecule has 2 rings (SSSR count). The number of carbonyl (C=O) groups excluding carboxylic acids is 1. The fraction of sp³-hybridized carbons (Fsp3) is 0.353. The Bertz CT molecular complexity index is 639. The third-order valence-corrected chi connectivity index (χ3v) is 3.39. The van der Waals surface area contributed by atoms with Crippen molar-refractivity contribution in [1.82, 2.24) is 15.3 Å². The van der Waals surface area contributed by atoms with E-state index in [2.05, 4.69) is 22.2 Å². The summed E-state index contributed by atoms with van der Waals surface area (Å²) >= 11 is 0. The molecule has 1 amide bonds. The molecule has 22 heavy (non-hydrogen) atoms. The number of amides is 1. The van der Waals surface area contributed by atoms with Gasteiger partial charge in [-0.1, -0.05) is 13.3 Å². The smallest absolute Gasteiger partial charge is 0.254 e. The monoisotopic (exact) mass is 299 g/mol. The van der Waals surface area contributed by atoms with Crippen LogP contribution in [0.3, 0.4) is 0 Å². The number of carbonyl (C=O) groups is 1. The Morgan fingerprint density at radius 1 is 1.27 bits per heavy atom. The van der Waals surface area contributed by atoms with Crippen LogP contribution in [-0.4, -0.2) is 29.5 Å².